The van der Waals surface area contributed by atoms with Gasteiger partial charge in [0.25, 0.3) is 0 Å². The number of nitrogens with zero attached hydrogens (tertiary/aromatic N) is 2. The third-order valence-electron chi connectivity index (χ3n) is 3.52. The van der Waals surface area contributed by atoms with E-state index in [2.05, 4.69) is 10.3 Å². The summed E-state index contributed by atoms with van der Waals surface area (Å²) in [6.07, 6.45) is 1.91. The van der Waals surface area contributed by atoms with E-state index in [1.54, 1.807) is 12.3 Å². The summed E-state index contributed by atoms with van der Waals surface area (Å²) >= 11 is 0. The number of pyridine rings is 1. The summed E-state index contributed by atoms with van der Waals surface area (Å²) in [7, 11) is -1.62. The molecule has 1 N–H and O–H groups in total. The van der Waals surface area contributed by atoms with Gasteiger partial charge in [-0.05, 0) is 31.0 Å². The van der Waals surface area contributed by atoms with Gasteiger partial charge in [-0.3, -0.25) is 9.59 Å². The van der Waals surface area contributed by atoms with Crippen LogP contribution in [0.3, 0.4) is 0 Å². The number of rotatable bonds is 4. The average molecular weight is 325 g/mol. The topological polar surface area (TPSA) is 96.4 Å². The van der Waals surface area contributed by atoms with Crippen LogP contribution in [0.4, 0.5) is 5.82 Å². The number of sulfone groups is 1. The van der Waals surface area contributed by atoms with Gasteiger partial charge in [0.15, 0.2) is 9.84 Å². The van der Waals surface area contributed by atoms with E-state index in [0.717, 1.165) is 5.56 Å². The molecular weight excluding hydrogens is 306 g/mol. The molecule has 2 heterocycles. The fourth-order valence-corrected chi connectivity index (χ4v) is 4.11. The van der Waals surface area contributed by atoms with Gasteiger partial charge in [-0.15, -0.1) is 0 Å². The van der Waals surface area contributed by atoms with Crippen molar-refractivity contribution in [3.8, 4) is 0 Å². The first kappa shape index (κ1) is 16.4. The molecule has 0 radical (unpaired) electrons. The number of amides is 2. The molecule has 1 atom stereocenters. The molecule has 0 unspecified atom stereocenters. The van der Waals surface area contributed by atoms with Crippen molar-refractivity contribution in [1.29, 1.82) is 0 Å². The second kappa shape index (κ2) is 6.43. The third kappa shape index (κ3) is 4.27. The minimum atomic E-state index is -3.11. The number of hydrogen-bond donors (Lipinski definition) is 1. The lowest BCUT2D eigenvalue weighted by atomic mass is 10.1. The lowest BCUT2D eigenvalue weighted by Crippen LogP contribution is -2.39. The number of hydrogen-bond acceptors (Lipinski definition) is 5. The van der Waals surface area contributed by atoms with Crippen LogP contribution in [0.5, 0.6) is 0 Å². The molecular formula is C14H19N3O4S. The number of aryl methyl sites for hydroxylation is 1. The first-order valence-electron chi connectivity index (χ1n) is 6.95. The number of carbonyl (C=O) groups is 2. The minimum absolute atomic E-state index is 0.0383. The first-order valence-corrected chi connectivity index (χ1v) is 8.77. The lowest BCUT2D eigenvalue weighted by Gasteiger charge is -2.19. The minimum Gasteiger partial charge on any atom is -0.336 e. The predicted octanol–water partition coefficient (Wildman–Crippen LogP) is 0.222. The Hall–Kier alpha value is -1.96. The maximum Gasteiger partial charge on any atom is 0.245 e. The van der Waals surface area contributed by atoms with Crippen LogP contribution in [0.15, 0.2) is 18.3 Å². The molecule has 1 aliphatic rings. The molecule has 2 amide bonds. The van der Waals surface area contributed by atoms with Crippen LogP contribution in [0.1, 0.15) is 12.0 Å². The van der Waals surface area contributed by atoms with Gasteiger partial charge in [0, 0.05) is 13.2 Å². The molecule has 8 heteroatoms. The molecule has 2 rings (SSSR count). The van der Waals surface area contributed by atoms with Crippen LogP contribution < -0.4 is 5.32 Å². The van der Waals surface area contributed by atoms with Crippen molar-refractivity contribution in [1.82, 2.24) is 9.88 Å². The van der Waals surface area contributed by atoms with E-state index in [1.807, 2.05) is 13.0 Å². The fraction of sp³-hybridized carbons (Fsp3) is 0.500. The largest absolute Gasteiger partial charge is 0.336 e. The molecule has 0 spiro atoms. The van der Waals surface area contributed by atoms with Crippen molar-refractivity contribution < 1.29 is 18.0 Å². The molecule has 1 fully saturated rings. The summed E-state index contributed by atoms with van der Waals surface area (Å²) < 4.78 is 22.8. The molecule has 1 saturated heterocycles. The Morgan fingerprint density at radius 1 is 1.45 bits per heavy atom. The molecule has 7 nitrogen and oxygen atoms in total. The number of anilines is 1. The van der Waals surface area contributed by atoms with Gasteiger partial charge >= 0.3 is 0 Å². The summed E-state index contributed by atoms with van der Waals surface area (Å²) in [4.78, 5) is 29.3. The zero-order valence-electron chi connectivity index (χ0n) is 12.6. The third-order valence-corrected chi connectivity index (χ3v) is 5.29. The molecule has 0 saturated carbocycles. The maximum absolute atomic E-state index is 12.1. The van der Waals surface area contributed by atoms with Crippen LogP contribution in [-0.4, -0.2) is 55.2 Å². The Kier molecular flexibility index (Phi) is 4.80. The highest BCUT2D eigenvalue weighted by Gasteiger charge is 2.34. The fourth-order valence-electron chi connectivity index (χ4n) is 2.38. The zero-order chi connectivity index (χ0) is 16.3. The number of nitrogens with one attached hydrogen (secondary N) is 1. The summed E-state index contributed by atoms with van der Waals surface area (Å²) in [5.41, 5.74) is 0.964. The van der Waals surface area contributed by atoms with E-state index in [1.165, 1.54) is 11.9 Å². The van der Waals surface area contributed by atoms with Crippen molar-refractivity contribution in [3.05, 3.63) is 23.9 Å². The lowest BCUT2D eigenvalue weighted by molar-refractivity contribution is -0.136. The van der Waals surface area contributed by atoms with Crippen LogP contribution in [0.25, 0.3) is 0 Å². The Balaban J connectivity index is 1.90. The summed E-state index contributed by atoms with van der Waals surface area (Å²) in [6.45, 7) is 1.75. The molecule has 120 valence electrons. The van der Waals surface area contributed by atoms with Crippen LogP contribution >= 0.6 is 0 Å². The van der Waals surface area contributed by atoms with Crippen molar-refractivity contribution in [2.75, 3.05) is 30.4 Å². The van der Waals surface area contributed by atoms with Crippen LogP contribution in [0, 0.1) is 12.8 Å². The van der Waals surface area contributed by atoms with E-state index < -0.39 is 15.8 Å². The van der Waals surface area contributed by atoms with E-state index in [4.69, 9.17) is 0 Å². The molecule has 0 bridgehead atoms. The number of carbonyl (C=O) groups excluding carboxylic acids is 2. The van der Waals surface area contributed by atoms with E-state index in [-0.39, 0.29) is 29.9 Å². The van der Waals surface area contributed by atoms with Gasteiger partial charge in [-0.25, -0.2) is 13.4 Å². The van der Waals surface area contributed by atoms with Crippen LogP contribution in [0.2, 0.25) is 0 Å². The van der Waals surface area contributed by atoms with E-state index in [0.29, 0.717) is 12.2 Å². The Bertz CT molecular complexity index is 687. The van der Waals surface area contributed by atoms with E-state index in [9.17, 15) is 18.0 Å². The summed E-state index contributed by atoms with van der Waals surface area (Å²) in [5.74, 6) is -0.883. The monoisotopic (exact) mass is 325 g/mol. The Morgan fingerprint density at radius 2 is 2.18 bits per heavy atom. The van der Waals surface area contributed by atoms with Gasteiger partial charge in [0.1, 0.15) is 5.82 Å². The summed E-state index contributed by atoms with van der Waals surface area (Å²) in [5, 5.41) is 2.61. The Morgan fingerprint density at radius 3 is 2.77 bits per heavy atom. The molecule has 1 aromatic heterocycles. The molecule has 1 aliphatic heterocycles. The standard InChI is InChI=1S/C14H19N3O4S/c1-10-3-5-15-12(7-10)16-13(18)8-17(2)14(19)11-4-6-22(20,21)9-11/h3,5,7,11H,4,6,8-9H2,1-2H3,(H,15,16,18)/t11-/m0/s1. The van der Waals surface area contributed by atoms with Gasteiger partial charge in [0.05, 0.1) is 24.0 Å². The molecule has 0 aromatic carbocycles. The summed E-state index contributed by atoms with van der Waals surface area (Å²) in [6, 6.07) is 3.54. The van der Waals surface area contributed by atoms with Crippen molar-refractivity contribution in [3.63, 3.8) is 0 Å². The highest BCUT2D eigenvalue weighted by atomic mass is 32.2. The number of aromatic nitrogens is 1. The maximum atomic E-state index is 12.1. The van der Waals surface area contributed by atoms with Gasteiger partial charge < -0.3 is 10.2 Å². The first-order chi connectivity index (χ1) is 10.3. The Labute approximate surface area is 129 Å². The second-order valence-electron chi connectivity index (χ2n) is 5.56. The zero-order valence-corrected chi connectivity index (χ0v) is 13.4. The molecule has 0 aliphatic carbocycles. The van der Waals surface area contributed by atoms with Crippen molar-refractivity contribution in [2.24, 2.45) is 5.92 Å². The predicted molar refractivity (Wildman–Crippen MR) is 82.0 cm³/mol. The molecule has 1 aromatic rings. The number of likely N-dealkylation sites (N-methyl/N-ethyl adjacent to an activating group) is 1. The van der Waals surface area contributed by atoms with Crippen molar-refractivity contribution in [2.45, 2.75) is 13.3 Å². The average Bonchev–Trinajstić information content (AvgIpc) is 2.78. The van der Waals surface area contributed by atoms with Crippen molar-refractivity contribution >= 4 is 27.5 Å². The smallest absolute Gasteiger partial charge is 0.245 e. The highest BCUT2D eigenvalue weighted by molar-refractivity contribution is 7.91. The van der Waals surface area contributed by atoms with Gasteiger partial charge in [-0.2, -0.15) is 0 Å². The van der Waals surface area contributed by atoms with E-state index >= 15 is 0 Å². The SMILES string of the molecule is Cc1ccnc(NC(=O)CN(C)C(=O)[C@H]2CCS(=O)(=O)C2)c1. The quantitative estimate of drug-likeness (QED) is 0.854. The van der Waals surface area contributed by atoms with Gasteiger partial charge in [0.2, 0.25) is 11.8 Å². The highest BCUT2D eigenvalue weighted by Crippen LogP contribution is 2.20. The van der Waals surface area contributed by atoms with Crippen LogP contribution in [-0.2, 0) is 19.4 Å². The molecule has 22 heavy (non-hydrogen) atoms. The second-order valence-corrected chi connectivity index (χ2v) is 7.79. The normalized spacial score (nSPS) is 19.6. The van der Waals surface area contributed by atoms with Gasteiger partial charge in [-0.1, -0.05) is 0 Å².